The van der Waals surface area contributed by atoms with E-state index in [1.807, 2.05) is 23.6 Å². The summed E-state index contributed by atoms with van der Waals surface area (Å²) in [5, 5.41) is 3.22. The molecule has 3 rings (SSSR count). The first-order chi connectivity index (χ1) is 13.6. The summed E-state index contributed by atoms with van der Waals surface area (Å²) in [4.78, 5) is 17.0. The van der Waals surface area contributed by atoms with E-state index < -0.39 is 5.97 Å². The Morgan fingerprint density at radius 1 is 1.04 bits per heavy atom. The molecule has 0 bridgehead atoms. The lowest BCUT2D eigenvalue weighted by atomic mass is 10.1. The van der Waals surface area contributed by atoms with E-state index in [9.17, 15) is 4.79 Å². The van der Waals surface area contributed by atoms with E-state index in [0.717, 1.165) is 10.6 Å². The minimum atomic E-state index is -0.551. The van der Waals surface area contributed by atoms with Gasteiger partial charge in [-0.1, -0.05) is 29.8 Å². The Balaban J connectivity index is 1.76. The normalized spacial score (nSPS) is 10.4. The molecule has 0 aliphatic heterocycles. The molecule has 0 radical (unpaired) electrons. The molecule has 0 aliphatic rings. The summed E-state index contributed by atoms with van der Waals surface area (Å²) in [5.41, 5.74) is 1.71. The van der Waals surface area contributed by atoms with Gasteiger partial charge < -0.3 is 18.9 Å². The third-order valence-corrected chi connectivity index (χ3v) is 5.19. The van der Waals surface area contributed by atoms with Crippen LogP contribution in [-0.4, -0.2) is 32.3 Å². The molecule has 28 heavy (non-hydrogen) atoms. The molecule has 0 saturated carbocycles. The van der Waals surface area contributed by atoms with Crippen molar-refractivity contribution in [2.45, 2.75) is 6.61 Å². The third-order valence-electron chi connectivity index (χ3n) is 3.93. The first-order valence-corrected chi connectivity index (χ1v) is 9.50. The minimum Gasteiger partial charge on any atom is -0.493 e. The van der Waals surface area contributed by atoms with Crippen LogP contribution in [0.5, 0.6) is 17.2 Å². The number of hydrogen-bond donors (Lipinski definition) is 0. The molecule has 0 saturated heterocycles. The van der Waals surface area contributed by atoms with E-state index in [4.69, 9.17) is 30.5 Å². The van der Waals surface area contributed by atoms with Gasteiger partial charge in [0.05, 0.1) is 32.0 Å². The zero-order valence-corrected chi connectivity index (χ0v) is 17.1. The van der Waals surface area contributed by atoms with E-state index in [2.05, 4.69) is 4.98 Å². The van der Waals surface area contributed by atoms with Crippen LogP contribution in [0.3, 0.4) is 0 Å². The topological polar surface area (TPSA) is 66.9 Å². The van der Waals surface area contributed by atoms with Crippen molar-refractivity contribution >= 4 is 28.9 Å². The van der Waals surface area contributed by atoms with Crippen molar-refractivity contribution in [3.05, 3.63) is 58.1 Å². The quantitative estimate of drug-likeness (QED) is 0.510. The molecule has 8 heteroatoms. The number of nitrogens with zero attached hydrogens (tertiary/aromatic N) is 1. The number of esters is 1. The lowest BCUT2D eigenvalue weighted by molar-refractivity contribution is 0.0464. The van der Waals surface area contributed by atoms with Crippen molar-refractivity contribution in [2.24, 2.45) is 0 Å². The van der Waals surface area contributed by atoms with Crippen molar-refractivity contribution in [1.82, 2.24) is 4.98 Å². The zero-order valence-electron chi connectivity index (χ0n) is 15.5. The number of rotatable bonds is 7. The Morgan fingerprint density at radius 3 is 2.46 bits per heavy atom. The lowest BCUT2D eigenvalue weighted by Gasteiger charge is -2.14. The van der Waals surface area contributed by atoms with Gasteiger partial charge in [0, 0.05) is 10.9 Å². The summed E-state index contributed by atoms with van der Waals surface area (Å²) in [6, 6.07) is 10.6. The highest BCUT2D eigenvalue weighted by Crippen LogP contribution is 2.40. The van der Waals surface area contributed by atoms with Gasteiger partial charge in [-0.15, -0.1) is 11.3 Å². The molecule has 6 nitrogen and oxygen atoms in total. The second-order valence-electron chi connectivity index (χ2n) is 5.58. The number of methoxy groups -OCH3 is 3. The highest BCUT2D eigenvalue weighted by Gasteiger charge is 2.22. The van der Waals surface area contributed by atoms with E-state index in [-0.39, 0.29) is 17.9 Å². The van der Waals surface area contributed by atoms with Gasteiger partial charge >= 0.3 is 5.97 Å². The molecule has 0 unspecified atom stereocenters. The molecule has 1 heterocycles. The fourth-order valence-corrected chi connectivity index (χ4v) is 3.74. The van der Waals surface area contributed by atoms with Crippen LogP contribution in [0.1, 0.15) is 16.1 Å². The molecule has 0 aliphatic carbocycles. The van der Waals surface area contributed by atoms with Gasteiger partial charge in [-0.25, -0.2) is 9.78 Å². The molecule has 0 N–H and O–H groups in total. The monoisotopic (exact) mass is 419 g/mol. The van der Waals surface area contributed by atoms with Crippen LogP contribution >= 0.6 is 22.9 Å². The fourth-order valence-electron chi connectivity index (χ4n) is 2.61. The van der Waals surface area contributed by atoms with Gasteiger partial charge in [0.15, 0.2) is 11.5 Å². The van der Waals surface area contributed by atoms with Crippen molar-refractivity contribution in [3.8, 4) is 27.8 Å². The molecule has 1 aromatic heterocycles. The Bertz CT molecular complexity index is 988. The van der Waals surface area contributed by atoms with Gasteiger partial charge in [0.2, 0.25) is 5.75 Å². The smallest absolute Gasteiger partial charge is 0.342 e. The molecule has 0 amide bonds. The average molecular weight is 420 g/mol. The predicted octanol–water partition coefficient (Wildman–Crippen LogP) is 4.85. The van der Waals surface area contributed by atoms with Crippen LogP contribution in [0.2, 0.25) is 5.02 Å². The maximum Gasteiger partial charge on any atom is 0.342 e. The molecule has 0 fully saturated rings. The van der Waals surface area contributed by atoms with Gasteiger partial charge in [-0.3, -0.25) is 0 Å². The summed E-state index contributed by atoms with van der Waals surface area (Å²) in [7, 11) is 4.43. The summed E-state index contributed by atoms with van der Waals surface area (Å²) in [5.74, 6) is 0.487. The summed E-state index contributed by atoms with van der Waals surface area (Å²) < 4.78 is 21.2. The molecular formula is C20H18ClNO5S. The number of benzene rings is 2. The van der Waals surface area contributed by atoms with E-state index >= 15 is 0 Å². The molecule has 0 atom stereocenters. The number of ether oxygens (including phenoxy) is 4. The Labute approximate surface area is 171 Å². The largest absolute Gasteiger partial charge is 0.493 e. The molecule has 2 aromatic carbocycles. The average Bonchev–Trinajstić information content (AvgIpc) is 3.19. The number of carbonyl (C=O) groups is 1. The minimum absolute atomic E-state index is 0.0251. The molecule has 3 aromatic rings. The summed E-state index contributed by atoms with van der Waals surface area (Å²) in [6.07, 6.45) is 0. The number of aromatic nitrogens is 1. The first kappa shape index (κ1) is 20.0. The van der Waals surface area contributed by atoms with Crippen molar-refractivity contribution < 1.29 is 23.7 Å². The van der Waals surface area contributed by atoms with Gasteiger partial charge in [-0.05, 0) is 18.2 Å². The van der Waals surface area contributed by atoms with Crippen molar-refractivity contribution in [3.63, 3.8) is 0 Å². The van der Waals surface area contributed by atoms with Gasteiger partial charge in [0.1, 0.15) is 17.2 Å². The van der Waals surface area contributed by atoms with E-state index in [0.29, 0.717) is 22.2 Å². The Hall–Kier alpha value is -2.77. The van der Waals surface area contributed by atoms with Crippen LogP contribution < -0.4 is 14.2 Å². The van der Waals surface area contributed by atoms with Crippen LogP contribution in [-0.2, 0) is 11.3 Å². The standard InChI is InChI=1S/C20H18ClNO5S/c1-24-16-9-8-14(17(25-2)18(16)26-3)20(23)27-10-12-11-28-19(22-12)13-6-4-5-7-15(13)21/h4-9,11H,10H2,1-3H3. The van der Waals surface area contributed by atoms with Crippen molar-refractivity contribution in [2.75, 3.05) is 21.3 Å². The summed E-state index contributed by atoms with van der Waals surface area (Å²) >= 11 is 7.64. The SMILES string of the molecule is COc1ccc(C(=O)OCc2csc(-c3ccccc3Cl)n2)c(OC)c1OC. The molecule has 146 valence electrons. The van der Waals surface area contributed by atoms with E-state index in [1.165, 1.54) is 32.7 Å². The maximum absolute atomic E-state index is 12.6. The highest BCUT2D eigenvalue weighted by atomic mass is 35.5. The highest BCUT2D eigenvalue weighted by molar-refractivity contribution is 7.13. The Morgan fingerprint density at radius 2 is 1.79 bits per heavy atom. The van der Waals surface area contributed by atoms with Crippen LogP contribution in [0.25, 0.3) is 10.6 Å². The predicted molar refractivity (Wildman–Crippen MR) is 108 cm³/mol. The van der Waals surface area contributed by atoms with Gasteiger partial charge in [0.25, 0.3) is 0 Å². The molecule has 0 spiro atoms. The van der Waals surface area contributed by atoms with Gasteiger partial charge in [-0.2, -0.15) is 0 Å². The third kappa shape index (κ3) is 4.05. The number of halogens is 1. The lowest BCUT2D eigenvalue weighted by Crippen LogP contribution is -2.09. The van der Waals surface area contributed by atoms with E-state index in [1.54, 1.807) is 18.2 Å². The van der Waals surface area contributed by atoms with Crippen LogP contribution in [0.4, 0.5) is 0 Å². The second-order valence-corrected chi connectivity index (χ2v) is 6.85. The molecular weight excluding hydrogens is 402 g/mol. The number of carbonyl (C=O) groups excluding carboxylic acids is 1. The maximum atomic E-state index is 12.6. The summed E-state index contributed by atoms with van der Waals surface area (Å²) in [6.45, 7) is 0.0251. The number of hydrogen-bond acceptors (Lipinski definition) is 7. The first-order valence-electron chi connectivity index (χ1n) is 8.24. The fraction of sp³-hybridized carbons (Fsp3) is 0.200. The second kappa shape index (κ2) is 8.95. The zero-order chi connectivity index (χ0) is 20.1. The number of thiazole rings is 1. The van der Waals surface area contributed by atoms with Crippen molar-refractivity contribution in [1.29, 1.82) is 0 Å². The Kier molecular flexibility index (Phi) is 6.38. The van der Waals surface area contributed by atoms with Crippen LogP contribution in [0.15, 0.2) is 41.8 Å². The van der Waals surface area contributed by atoms with Crippen LogP contribution in [0, 0.1) is 0 Å².